The molecule has 3 heteroatoms. The third-order valence-electron chi connectivity index (χ3n) is 9.92. The smallest absolute Gasteiger partial charge is 0.0596 e. The van der Waals surface area contributed by atoms with Gasteiger partial charge in [0.05, 0.1) is 12.2 Å². The SMILES string of the molecule is CN(C)CCCCOC1CCC2(C)C(CCC3C4CCC(O)C4(C)CCC32)C1. The summed E-state index contributed by atoms with van der Waals surface area (Å²) < 4.78 is 6.34. The van der Waals surface area contributed by atoms with E-state index in [1.807, 2.05) is 0 Å². The summed E-state index contributed by atoms with van der Waals surface area (Å²) in [5.74, 6) is 3.42. The van der Waals surface area contributed by atoms with Crippen molar-refractivity contribution < 1.29 is 9.84 Å². The zero-order valence-electron chi connectivity index (χ0n) is 19.0. The van der Waals surface area contributed by atoms with Gasteiger partial charge in [0.2, 0.25) is 0 Å². The molecule has 0 amide bonds. The Morgan fingerprint density at radius 2 is 1.64 bits per heavy atom. The zero-order valence-corrected chi connectivity index (χ0v) is 19.0. The van der Waals surface area contributed by atoms with E-state index >= 15 is 0 Å². The minimum atomic E-state index is -0.0411. The van der Waals surface area contributed by atoms with Crippen LogP contribution in [0, 0.1) is 34.5 Å². The molecule has 162 valence electrons. The van der Waals surface area contributed by atoms with Crippen molar-refractivity contribution >= 4 is 0 Å². The van der Waals surface area contributed by atoms with E-state index in [9.17, 15) is 5.11 Å². The summed E-state index contributed by atoms with van der Waals surface area (Å²) in [4.78, 5) is 2.27. The Balaban J connectivity index is 1.33. The molecule has 4 fully saturated rings. The van der Waals surface area contributed by atoms with Crippen LogP contribution in [-0.2, 0) is 4.74 Å². The monoisotopic (exact) mass is 391 g/mol. The lowest BCUT2D eigenvalue weighted by atomic mass is 9.45. The van der Waals surface area contributed by atoms with Crippen molar-refractivity contribution in [2.24, 2.45) is 34.5 Å². The summed E-state index contributed by atoms with van der Waals surface area (Å²) in [5, 5.41) is 10.6. The summed E-state index contributed by atoms with van der Waals surface area (Å²) in [6.45, 7) is 7.16. The van der Waals surface area contributed by atoms with E-state index in [1.165, 1.54) is 70.8 Å². The molecule has 0 aromatic rings. The average Bonchev–Trinajstić information content (AvgIpc) is 2.96. The average molecular weight is 392 g/mol. The quantitative estimate of drug-likeness (QED) is 0.638. The summed E-state index contributed by atoms with van der Waals surface area (Å²) in [7, 11) is 4.30. The van der Waals surface area contributed by atoms with E-state index < -0.39 is 0 Å². The lowest BCUT2D eigenvalue weighted by molar-refractivity contribution is -0.140. The molecule has 8 unspecified atom stereocenters. The van der Waals surface area contributed by atoms with Gasteiger partial charge >= 0.3 is 0 Å². The fraction of sp³-hybridized carbons (Fsp3) is 1.00. The molecule has 1 N–H and O–H groups in total. The Morgan fingerprint density at radius 3 is 2.43 bits per heavy atom. The van der Waals surface area contributed by atoms with Gasteiger partial charge in [-0.2, -0.15) is 0 Å². The molecular weight excluding hydrogens is 346 g/mol. The Morgan fingerprint density at radius 1 is 0.893 bits per heavy atom. The summed E-state index contributed by atoms with van der Waals surface area (Å²) in [6, 6.07) is 0. The second-order valence-corrected chi connectivity index (χ2v) is 11.6. The van der Waals surface area contributed by atoms with Gasteiger partial charge in [-0.15, -0.1) is 0 Å². The van der Waals surface area contributed by atoms with Crippen LogP contribution >= 0.6 is 0 Å². The van der Waals surface area contributed by atoms with Gasteiger partial charge in [-0.05, 0) is 126 Å². The first kappa shape index (κ1) is 21.1. The summed E-state index contributed by atoms with van der Waals surface area (Å²) in [5.41, 5.74) is 0.750. The van der Waals surface area contributed by atoms with Crippen LogP contribution in [0.5, 0.6) is 0 Å². The van der Waals surface area contributed by atoms with Crippen LogP contribution in [0.25, 0.3) is 0 Å². The first-order valence-corrected chi connectivity index (χ1v) is 12.3. The molecule has 0 bridgehead atoms. The van der Waals surface area contributed by atoms with E-state index in [1.54, 1.807) is 0 Å². The standard InChI is InChI=1S/C25H45NO2/c1-24-13-11-19(28-16-6-5-15-26(3)4)17-18(24)7-8-20-21-9-10-23(27)25(21,2)14-12-22(20)24/h18-23,27H,5-17H2,1-4H3. The van der Waals surface area contributed by atoms with Gasteiger partial charge < -0.3 is 14.7 Å². The first-order valence-electron chi connectivity index (χ1n) is 12.3. The molecule has 28 heavy (non-hydrogen) atoms. The normalized spacial score (nSPS) is 48.2. The van der Waals surface area contributed by atoms with Crippen molar-refractivity contribution in [1.82, 2.24) is 4.90 Å². The van der Waals surface area contributed by atoms with Crippen LogP contribution in [0.1, 0.15) is 84.5 Å². The van der Waals surface area contributed by atoms with Gasteiger partial charge in [0.25, 0.3) is 0 Å². The Labute approximate surface area is 173 Å². The van der Waals surface area contributed by atoms with Crippen molar-refractivity contribution in [2.75, 3.05) is 27.2 Å². The highest BCUT2D eigenvalue weighted by Gasteiger charge is 2.60. The number of hydrogen-bond donors (Lipinski definition) is 1. The van der Waals surface area contributed by atoms with Gasteiger partial charge in [0, 0.05) is 6.61 Å². The molecule has 0 spiro atoms. The minimum Gasteiger partial charge on any atom is -0.393 e. The molecule has 4 aliphatic carbocycles. The molecule has 0 radical (unpaired) electrons. The second-order valence-electron chi connectivity index (χ2n) is 11.6. The molecule has 0 heterocycles. The highest BCUT2D eigenvalue weighted by molar-refractivity contribution is 5.09. The minimum absolute atomic E-state index is 0.0411. The van der Waals surface area contributed by atoms with Crippen LogP contribution in [0.2, 0.25) is 0 Å². The third kappa shape index (κ3) is 3.69. The molecule has 0 aliphatic heterocycles. The van der Waals surface area contributed by atoms with Crippen LogP contribution < -0.4 is 0 Å². The largest absolute Gasteiger partial charge is 0.393 e. The van der Waals surface area contributed by atoms with Gasteiger partial charge in [0.15, 0.2) is 0 Å². The number of unbranched alkanes of at least 4 members (excludes halogenated alkanes) is 1. The zero-order chi connectivity index (χ0) is 19.9. The highest BCUT2D eigenvalue weighted by Crippen LogP contribution is 2.66. The molecule has 0 aromatic carbocycles. The lowest BCUT2D eigenvalue weighted by Gasteiger charge is -2.60. The number of hydrogen-bond acceptors (Lipinski definition) is 3. The van der Waals surface area contributed by atoms with Crippen molar-refractivity contribution in [1.29, 1.82) is 0 Å². The number of rotatable bonds is 6. The Bertz CT molecular complexity index is 537. The van der Waals surface area contributed by atoms with E-state index in [0.717, 1.165) is 36.7 Å². The maximum absolute atomic E-state index is 10.6. The number of fused-ring (bicyclic) bond motifs is 5. The molecule has 3 nitrogen and oxygen atoms in total. The molecule has 8 atom stereocenters. The Kier molecular flexibility index (Phi) is 6.18. The maximum Gasteiger partial charge on any atom is 0.0596 e. The first-order chi connectivity index (χ1) is 13.3. The number of ether oxygens (including phenoxy) is 1. The van der Waals surface area contributed by atoms with Gasteiger partial charge in [-0.1, -0.05) is 13.8 Å². The topological polar surface area (TPSA) is 32.7 Å². The van der Waals surface area contributed by atoms with Crippen LogP contribution in [0.4, 0.5) is 0 Å². The third-order valence-corrected chi connectivity index (χ3v) is 9.92. The van der Waals surface area contributed by atoms with Gasteiger partial charge in [-0.25, -0.2) is 0 Å². The Hall–Kier alpha value is -0.120. The molecule has 4 saturated carbocycles. The maximum atomic E-state index is 10.6. The number of aliphatic hydroxyl groups excluding tert-OH is 1. The number of aliphatic hydroxyl groups is 1. The van der Waals surface area contributed by atoms with Gasteiger partial charge in [0.1, 0.15) is 0 Å². The number of nitrogens with zero attached hydrogens (tertiary/aromatic N) is 1. The van der Waals surface area contributed by atoms with E-state index in [-0.39, 0.29) is 11.5 Å². The van der Waals surface area contributed by atoms with E-state index in [2.05, 4.69) is 32.8 Å². The van der Waals surface area contributed by atoms with Crippen molar-refractivity contribution in [3.63, 3.8) is 0 Å². The van der Waals surface area contributed by atoms with Crippen molar-refractivity contribution in [2.45, 2.75) is 96.7 Å². The van der Waals surface area contributed by atoms with Crippen LogP contribution in [-0.4, -0.2) is 49.5 Å². The predicted octanol–water partition coefficient (Wildman–Crippen LogP) is 5.12. The molecular formula is C25H45NO2. The predicted molar refractivity (Wildman–Crippen MR) is 115 cm³/mol. The van der Waals surface area contributed by atoms with Crippen molar-refractivity contribution in [3.8, 4) is 0 Å². The summed E-state index contributed by atoms with van der Waals surface area (Å²) in [6.07, 6.45) is 14.6. The van der Waals surface area contributed by atoms with Gasteiger partial charge in [-0.3, -0.25) is 0 Å². The highest BCUT2D eigenvalue weighted by atomic mass is 16.5. The molecule has 4 rings (SSSR count). The summed E-state index contributed by atoms with van der Waals surface area (Å²) >= 11 is 0. The lowest BCUT2D eigenvalue weighted by Crippen LogP contribution is -2.54. The fourth-order valence-electron chi connectivity index (χ4n) is 8.12. The fourth-order valence-corrected chi connectivity index (χ4v) is 8.12. The van der Waals surface area contributed by atoms with Crippen LogP contribution in [0.3, 0.4) is 0 Å². The second kappa shape index (κ2) is 8.19. The molecule has 0 saturated heterocycles. The molecule has 4 aliphatic rings. The van der Waals surface area contributed by atoms with Crippen LogP contribution in [0.15, 0.2) is 0 Å². The molecule has 0 aromatic heterocycles. The van der Waals surface area contributed by atoms with E-state index in [4.69, 9.17) is 4.74 Å². The van der Waals surface area contributed by atoms with Crippen molar-refractivity contribution in [3.05, 3.63) is 0 Å². The van der Waals surface area contributed by atoms with E-state index in [0.29, 0.717) is 11.5 Å².